The number of pyridine rings is 1. The van der Waals surface area contributed by atoms with Crippen LogP contribution >= 0.6 is 11.8 Å². The van der Waals surface area contributed by atoms with Gasteiger partial charge >= 0.3 is 0 Å². The minimum atomic E-state index is -0.418. The minimum absolute atomic E-state index is 0.0158. The average molecular weight is 300 g/mol. The quantitative estimate of drug-likeness (QED) is 0.697. The van der Waals surface area contributed by atoms with E-state index in [9.17, 15) is 9.50 Å². The van der Waals surface area contributed by atoms with Gasteiger partial charge in [-0.1, -0.05) is 0 Å². The molecule has 0 amide bonds. The third kappa shape index (κ3) is 2.78. The van der Waals surface area contributed by atoms with Crippen LogP contribution in [-0.4, -0.2) is 16.3 Å². The highest BCUT2D eigenvalue weighted by Crippen LogP contribution is 2.30. The van der Waals surface area contributed by atoms with Crippen LogP contribution in [0.4, 0.5) is 15.8 Å². The lowest BCUT2D eigenvalue weighted by Crippen LogP contribution is -1.95. The zero-order valence-electron chi connectivity index (χ0n) is 11.3. The van der Waals surface area contributed by atoms with Gasteiger partial charge in [0, 0.05) is 28.2 Å². The number of phenols is 1. The van der Waals surface area contributed by atoms with E-state index >= 15 is 0 Å². The first-order valence-corrected chi connectivity index (χ1v) is 7.58. The van der Waals surface area contributed by atoms with Crippen molar-refractivity contribution in [3.05, 3.63) is 54.5 Å². The van der Waals surface area contributed by atoms with E-state index in [0.717, 1.165) is 21.5 Å². The van der Waals surface area contributed by atoms with Crippen molar-refractivity contribution in [1.29, 1.82) is 0 Å². The third-order valence-corrected chi connectivity index (χ3v) is 3.89. The van der Waals surface area contributed by atoms with Crippen LogP contribution in [0.5, 0.6) is 5.75 Å². The topological polar surface area (TPSA) is 45.2 Å². The van der Waals surface area contributed by atoms with E-state index in [2.05, 4.69) is 10.3 Å². The van der Waals surface area contributed by atoms with Crippen molar-refractivity contribution in [1.82, 2.24) is 4.98 Å². The molecule has 21 heavy (non-hydrogen) atoms. The minimum Gasteiger partial charge on any atom is -0.508 e. The van der Waals surface area contributed by atoms with Crippen LogP contribution in [0.15, 0.2) is 53.6 Å². The normalized spacial score (nSPS) is 10.8. The fourth-order valence-corrected chi connectivity index (χ4v) is 2.56. The average Bonchev–Trinajstić information content (AvgIpc) is 2.51. The highest BCUT2D eigenvalue weighted by atomic mass is 32.2. The fourth-order valence-electron chi connectivity index (χ4n) is 2.12. The molecule has 3 nitrogen and oxygen atoms in total. The molecule has 0 aliphatic heterocycles. The number of thioether (sulfide) groups is 1. The summed E-state index contributed by atoms with van der Waals surface area (Å²) in [6.07, 6.45) is 3.67. The molecule has 1 aromatic heterocycles. The predicted molar refractivity (Wildman–Crippen MR) is 84.9 cm³/mol. The zero-order valence-corrected chi connectivity index (χ0v) is 12.1. The Morgan fingerprint density at radius 3 is 2.76 bits per heavy atom. The molecule has 0 unspecified atom stereocenters. The van der Waals surface area contributed by atoms with E-state index in [1.165, 1.54) is 18.2 Å². The monoisotopic (exact) mass is 300 g/mol. The number of nitrogens with zero attached hydrogens (tertiary/aromatic N) is 1. The van der Waals surface area contributed by atoms with Gasteiger partial charge in [-0.3, -0.25) is 4.98 Å². The Kier molecular flexibility index (Phi) is 3.66. The number of benzene rings is 2. The molecular formula is C16H13FN2OS. The first-order chi connectivity index (χ1) is 10.2. The second-order valence-corrected chi connectivity index (χ2v) is 5.41. The molecule has 0 fully saturated rings. The van der Waals surface area contributed by atoms with Crippen molar-refractivity contribution in [3.63, 3.8) is 0 Å². The van der Waals surface area contributed by atoms with E-state index < -0.39 is 5.82 Å². The smallest absolute Gasteiger partial charge is 0.146 e. The molecule has 1 heterocycles. The lowest BCUT2D eigenvalue weighted by molar-refractivity contribution is 0.473. The number of hydrogen-bond acceptors (Lipinski definition) is 4. The van der Waals surface area contributed by atoms with Gasteiger partial charge in [-0.05, 0) is 42.7 Å². The van der Waals surface area contributed by atoms with Crippen LogP contribution in [0, 0.1) is 5.82 Å². The summed E-state index contributed by atoms with van der Waals surface area (Å²) in [4.78, 5) is 5.41. The lowest BCUT2D eigenvalue weighted by Gasteiger charge is -2.11. The molecule has 0 bridgehead atoms. The largest absolute Gasteiger partial charge is 0.508 e. The SMILES string of the molecule is CSc1ccc2nccc(Nc3cc(O)ccc3F)c2c1. The highest BCUT2D eigenvalue weighted by molar-refractivity contribution is 7.98. The van der Waals surface area contributed by atoms with E-state index in [1.807, 2.05) is 24.5 Å². The molecule has 0 aliphatic rings. The number of rotatable bonds is 3. The summed E-state index contributed by atoms with van der Waals surface area (Å²) in [6.45, 7) is 0. The molecule has 0 atom stereocenters. The Morgan fingerprint density at radius 1 is 1.10 bits per heavy atom. The summed E-state index contributed by atoms with van der Waals surface area (Å²) in [5.74, 6) is -0.402. The second kappa shape index (κ2) is 5.61. The maximum absolute atomic E-state index is 13.8. The van der Waals surface area contributed by atoms with Crippen molar-refractivity contribution in [2.45, 2.75) is 4.90 Å². The predicted octanol–water partition coefficient (Wildman–Crippen LogP) is 4.55. The molecule has 0 saturated carbocycles. The van der Waals surface area contributed by atoms with Gasteiger partial charge in [0.05, 0.1) is 11.2 Å². The molecule has 2 aromatic carbocycles. The van der Waals surface area contributed by atoms with Crippen LogP contribution in [-0.2, 0) is 0 Å². The molecule has 0 spiro atoms. The van der Waals surface area contributed by atoms with Crippen LogP contribution in [0.3, 0.4) is 0 Å². The first-order valence-electron chi connectivity index (χ1n) is 6.35. The number of phenolic OH excluding ortho intramolecular Hbond substituents is 1. The highest BCUT2D eigenvalue weighted by Gasteiger charge is 2.07. The fraction of sp³-hybridized carbons (Fsp3) is 0.0625. The van der Waals surface area contributed by atoms with E-state index in [4.69, 9.17) is 0 Å². The van der Waals surface area contributed by atoms with Gasteiger partial charge < -0.3 is 10.4 Å². The van der Waals surface area contributed by atoms with Gasteiger partial charge in [-0.15, -0.1) is 11.8 Å². The third-order valence-electron chi connectivity index (χ3n) is 3.17. The number of aromatic nitrogens is 1. The molecule has 2 N–H and O–H groups in total. The Morgan fingerprint density at radius 2 is 1.95 bits per heavy atom. The van der Waals surface area contributed by atoms with Gasteiger partial charge in [0.2, 0.25) is 0 Å². The van der Waals surface area contributed by atoms with Gasteiger partial charge in [0.25, 0.3) is 0 Å². The number of aromatic hydroxyl groups is 1. The molecule has 0 aliphatic carbocycles. The molecule has 3 rings (SSSR count). The number of nitrogens with one attached hydrogen (secondary N) is 1. The van der Waals surface area contributed by atoms with Gasteiger partial charge in [0.15, 0.2) is 0 Å². The maximum Gasteiger partial charge on any atom is 0.146 e. The second-order valence-electron chi connectivity index (χ2n) is 4.53. The Hall–Kier alpha value is -2.27. The molecular weight excluding hydrogens is 287 g/mol. The van der Waals surface area contributed by atoms with Crippen molar-refractivity contribution >= 4 is 34.0 Å². The van der Waals surface area contributed by atoms with Crippen molar-refractivity contribution in [3.8, 4) is 5.75 Å². The summed E-state index contributed by atoms with van der Waals surface area (Å²) >= 11 is 1.63. The molecule has 3 aromatic rings. The molecule has 5 heteroatoms. The zero-order chi connectivity index (χ0) is 14.8. The van der Waals surface area contributed by atoms with Gasteiger partial charge in [-0.2, -0.15) is 0 Å². The van der Waals surface area contributed by atoms with E-state index in [0.29, 0.717) is 0 Å². The Balaban J connectivity index is 2.09. The molecule has 106 valence electrons. The molecule has 0 radical (unpaired) electrons. The maximum atomic E-state index is 13.8. The Labute approximate surface area is 125 Å². The number of halogens is 1. The number of fused-ring (bicyclic) bond motifs is 1. The van der Waals surface area contributed by atoms with Gasteiger partial charge in [0.1, 0.15) is 11.6 Å². The standard InChI is InChI=1S/C16H13FN2OS/c1-21-11-3-5-14-12(9-11)15(6-7-18-14)19-16-8-10(20)2-4-13(16)17/h2-9,20H,1H3,(H,18,19). The number of hydrogen-bond donors (Lipinski definition) is 2. The van der Waals surface area contributed by atoms with Crippen molar-refractivity contribution in [2.24, 2.45) is 0 Å². The first kappa shape index (κ1) is 13.7. The summed E-state index contributed by atoms with van der Waals surface area (Å²) in [6, 6.07) is 11.6. The summed E-state index contributed by atoms with van der Waals surface area (Å²) < 4.78 is 13.8. The summed E-state index contributed by atoms with van der Waals surface area (Å²) in [7, 11) is 0. The van der Waals surface area contributed by atoms with Crippen LogP contribution in [0.2, 0.25) is 0 Å². The van der Waals surface area contributed by atoms with E-state index in [1.54, 1.807) is 24.0 Å². The summed E-state index contributed by atoms with van der Waals surface area (Å²) in [5.41, 5.74) is 1.82. The lowest BCUT2D eigenvalue weighted by atomic mass is 10.1. The van der Waals surface area contributed by atoms with Crippen molar-refractivity contribution < 1.29 is 9.50 Å². The van der Waals surface area contributed by atoms with E-state index in [-0.39, 0.29) is 11.4 Å². The van der Waals surface area contributed by atoms with Crippen LogP contribution in [0.1, 0.15) is 0 Å². The Bertz CT molecular complexity index is 807. The summed E-state index contributed by atoms with van der Waals surface area (Å²) in [5, 5.41) is 13.4. The molecule has 0 saturated heterocycles. The van der Waals surface area contributed by atoms with Crippen molar-refractivity contribution in [2.75, 3.05) is 11.6 Å². The van der Waals surface area contributed by atoms with Gasteiger partial charge in [-0.25, -0.2) is 4.39 Å². The number of anilines is 2. The van der Waals surface area contributed by atoms with Crippen LogP contribution < -0.4 is 5.32 Å². The van der Waals surface area contributed by atoms with Crippen LogP contribution in [0.25, 0.3) is 10.9 Å².